The molecule has 3 nitrogen and oxygen atoms in total. The molecule has 0 bridgehead atoms. The minimum atomic E-state index is -0.0566. The molecule has 17 heavy (non-hydrogen) atoms. The number of hydrogen-bond donors (Lipinski definition) is 2. The van der Waals surface area contributed by atoms with Crippen LogP contribution in [0.2, 0.25) is 5.02 Å². The van der Waals surface area contributed by atoms with Crippen molar-refractivity contribution >= 4 is 23.2 Å². The third kappa shape index (κ3) is 3.20. The Kier molecular flexibility index (Phi) is 4.02. The van der Waals surface area contributed by atoms with Crippen molar-refractivity contribution in [2.75, 3.05) is 11.9 Å². The zero-order valence-electron chi connectivity index (χ0n) is 9.92. The fourth-order valence-corrected chi connectivity index (χ4v) is 2.29. The van der Waals surface area contributed by atoms with Gasteiger partial charge in [-0.15, -0.1) is 0 Å². The van der Waals surface area contributed by atoms with Gasteiger partial charge in [0.2, 0.25) is 5.91 Å². The summed E-state index contributed by atoms with van der Waals surface area (Å²) in [6, 6.07) is 5.43. The van der Waals surface area contributed by atoms with Crippen molar-refractivity contribution in [2.45, 2.75) is 32.2 Å². The van der Waals surface area contributed by atoms with Gasteiger partial charge in [0, 0.05) is 10.7 Å². The number of carbonyl (C=O) groups is 1. The Hall–Kier alpha value is -1.06. The summed E-state index contributed by atoms with van der Waals surface area (Å²) in [6.07, 6.45) is 3.19. The summed E-state index contributed by atoms with van der Waals surface area (Å²) < 4.78 is 0. The van der Waals surface area contributed by atoms with E-state index in [1.807, 2.05) is 19.1 Å². The number of aryl methyl sites for hydroxylation is 1. The lowest BCUT2D eigenvalue weighted by atomic mass is 10.0. The van der Waals surface area contributed by atoms with Gasteiger partial charge in [-0.2, -0.15) is 0 Å². The zero-order valence-corrected chi connectivity index (χ0v) is 10.7. The molecule has 0 aromatic heterocycles. The van der Waals surface area contributed by atoms with Crippen LogP contribution in [0.15, 0.2) is 18.2 Å². The molecule has 1 aliphatic heterocycles. The van der Waals surface area contributed by atoms with E-state index in [9.17, 15) is 4.79 Å². The van der Waals surface area contributed by atoms with E-state index in [4.69, 9.17) is 11.6 Å². The molecular formula is C13H17ClN2O. The van der Waals surface area contributed by atoms with Crippen LogP contribution in [0, 0.1) is 6.92 Å². The predicted molar refractivity (Wildman–Crippen MR) is 70.5 cm³/mol. The lowest BCUT2D eigenvalue weighted by Gasteiger charge is -2.22. The molecule has 1 unspecified atom stereocenters. The summed E-state index contributed by atoms with van der Waals surface area (Å²) in [4.78, 5) is 12.0. The van der Waals surface area contributed by atoms with Gasteiger partial charge in [0.1, 0.15) is 0 Å². The molecule has 0 aliphatic carbocycles. The Morgan fingerprint density at radius 1 is 1.47 bits per heavy atom. The van der Waals surface area contributed by atoms with Crippen LogP contribution < -0.4 is 10.6 Å². The SMILES string of the molecule is Cc1cc(Cl)ccc1NC(=O)C1CCCCN1. The Morgan fingerprint density at radius 3 is 2.94 bits per heavy atom. The quantitative estimate of drug-likeness (QED) is 0.850. The fourth-order valence-electron chi connectivity index (χ4n) is 2.06. The summed E-state index contributed by atoms with van der Waals surface area (Å²) >= 11 is 5.88. The Bertz CT molecular complexity index is 414. The van der Waals surface area contributed by atoms with Crippen molar-refractivity contribution in [1.29, 1.82) is 0 Å². The van der Waals surface area contributed by atoms with Crippen LogP contribution in [-0.4, -0.2) is 18.5 Å². The molecule has 1 amide bonds. The third-order valence-electron chi connectivity index (χ3n) is 3.07. The highest BCUT2D eigenvalue weighted by Crippen LogP contribution is 2.20. The van der Waals surface area contributed by atoms with E-state index in [1.54, 1.807) is 6.07 Å². The van der Waals surface area contributed by atoms with Gasteiger partial charge in [-0.1, -0.05) is 18.0 Å². The second-order valence-electron chi connectivity index (χ2n) is 4.45. The number of anilines is 1. The Labute approximate surface area is 107 Å². The average molecular weight is 253 g/mol. The highest BCUT2D eigenvalue weighted by Gasteiger charge is 2.20. The fraction of sp³-hybridized carbons (Fsp3) is 0.462. The first-order valence-corrected chi connectivity index (χ1v) is 6.35. The Morgan fingerprint density at radius 2 is 2.29 bits per heavy atom. The van der Waals surface area contributed by atoms with E-state index < -0.39 is 0 Å². The molecule has 2 rings (SSSR count). The van der Waals surface area contributed by atoms with Gasteiger partial charge in [0.25, 0.3) is 0 Å². The van der Waals surface area contributed by atoms with Gasteiger partial charge in [0.15, 0.2) is 0 Å². The van der Waals surface area contributed by atoms with Crippen LogP contribution in [0.5, 0.6) is 0 Å². The maximum Gasteiger partial charge on any atom is 0.241 e. The molecule has 1 aromatic carbocycles. The zero-order chi connectivity index (χ0) is 12.3. The van der Waals surface area contributed by atoms with Crippen molar-refractivity contribution in [3.05, 3.63) is 28.8 Å². The molecule has 92 valence electrons. The first-order chi connectivity index (χ1) is 8.16. The summed E-state index contributed by atoms with van der Waals surface area (Å²) in [5, 5.41) is 6.87. The molecule has 0 spiro atoms. The second-order valence-corrected chi connectivity index (χ2v) is 4.89. The summed E-state index contributed by atoms with van der Waals surface area (Å²) in [6.45, 7) is 2.87. The maximum atomic E-state index is 12.0. The maximum absolute atomic E-state index is 12.0. The second kappa shape index (κ2) is 5.52. The third-order valence-corrected chi connectivity index (χ3v) is 3.31. The van der Waals surface area contributed by atoms with Gasteiger partial charge in [-0.3, -0.25) is 4.79 Å². The van der Waals surface area contributed by atoms with Gasteiger partial charge in [-0.25, -0.2) is 0 Å². The summed E-state index contributed by atoms with van der Waals surface area (Å²) in [7, 11) is 0. The van der Waals surface area contributed by atoms with Crippen molar-refractivity contribution in [2.24, 2.45) is 0 Å². The van der Waals surface area contributed by atoms with Crippen LogP contribution in [-0.2, 0) is 4.79 Å². The first-order valence-electron chi connectivity index (χ1n) is 5.97. The summed E-state index contributed by atoms with van der Waals surface area (Å²) in [5.74, 6) is 0.0510. The average Bonchev–Trinajstić information content (AvgIpc) is 2.34. The molecule has 4 heteroatoms. The van der Waals surface area contributed by atoms with Gasteiger partial charge >= 0.3 is 0 Å². The molecule has 0 radical (unpaired) electrons. The normalized spacial score (nSPS) is 20.0. The topological polar surface area (TPSA) is 41.1 Å². The van der Waals surface area contributed by atoms with Gasteiger partial charge < -0.3 is 10.6 Å². The van der Waals surface area contributed by atoms with Crippen molar-refractivity contribution in [3.8, 4) is 0 Å². The van der Waals surface area contributed by atoms with Crippen molar-refractivity contribution in [1.82, 2.24) is 5.32 Å². The minimum absolute atomic E-state index is 0.0510. The number of rotatable bonds is 2. The molecule has 1 aliphatic rings. The largest absolute Gasteiger partial charge is 0.324 e. The van der Waals surface area contributed by atoms with Crippen LogP contribution in [0.3, 0.4) is 0 Å². The summed E-state index contributed by atoms with van der Waals surface area (Å²) in [5.41, 5.74) is 1.83. The molecule has 0 saturated carbocycles. The van der Waals surface area contributed by atoms with Crippen LogP contribution in [0.25, 0.3) is 0 Å². The van der Waals surface area contributed by atoms with E-state index in [0.29, 0.717) is 5.02 Å². The molecule has 1 fully saturated rings. The van der Waals surface area contributed by atoms with Crippen molar-refractivity contribution in [3.63, 3.8) is 0 Å². The van der Waals surface area contributed by atoms with E-state index >= 15 is 0 Å². The molecule has 2 N–H and O–H groups in total. The lowest BCUT2D eigenvalue weighted by molar-refractivity contribution is -0.118. The monoisotopic (exact) mass is 252 g/mol. The van der Waals surface area contributed by atoms with Crippen LogP contribution >= 0.6 is 11.6 Å². The molecule has 1 saturated heterocycles. The minimum Gasteiger partial charge on any atom is -0.324 e. The van der Waals surface area contributed by atoms with E-state index in [-0.39, 0.29) is 11.9 Å². The number of carbonyl (C=O) groups excluding carboxylic acids is 1. The van der Waals surface area contributed by atoms with Gasteiger partial charge in [-0.05, 0) is 50.1 Å². The van der Waals surface area contributed by atoms with Crippen molar-refractivity contribution < 1.29 is 4.79 Å². The standard InChI is InChI=1S/C13H17ClN2O/c1-9-8-10(14)5-6-11(9)16-13(17)12-4-2-3-7-15-12/h5-6,8,12,15H,2-4,7H2,1H3,(H,16,17). The number of benzene rings is 1. The first kappa shape index (κ1) is 12.4. The van der Waals surface area contributed by atoms with Gasteiger partial charge in [0.05, 0.1) is 6.04 Å². The molecule has 1 aromatic rings. The number of halogens is 1. The van der Waals surface area contributed by atoms with Crippen LogP contribution in [0.1, 0.15) is 24.8 Å². The highest BCUT2D eigenvalue weighted by molar-refractivity contribution is 6.30. The highest BCUT2D eigenvalue weighted by atomic mass is 35.5. The number of piperidine rings is 1. The smallest absolute Gasteiger partial charge is 0.241 e. The Balaban J connectivity index is 2.02. The lowest BCUT2D eigenvalue weighted by Crippen LogP contribution is -2.43. The number of hydrogen-bond acceptors (Lipinski definition) is 2. The van der Waals surface area contributed by atoms with E-state index in [1.165, 1.54) is 0 Å². The van der Waals surface area contributed by atoms with E-state index in [0.717, 1.165) is 37.1 Å². The number of amides is 1. The number of nitrogens with one attached hydrogen (secondary N) is 2. The predicted octanol–water partition coefficient (Wildman–Crippen LogP) is 2.73. The molecular weight excluding hydrogens is 236 g/mol. The van der Waals surface area contributed by atoms with Crippen LogP contribution in [0.4, 0.5) is 5.69 Å². The molecule has 1 atom stereocenters. The molecule has 1 heterocycles. The van der Waals surface area contributed by atoms with E-state index in [2.05, 4.69) is 10.6 Å².